The summed E-state index contributed by atoms with van der Waals surface area (Å²) in [4.78, 5) is 8.89. The van der Waals surface area contributed by atoms with Crippen molar-refractivity contribution in [2.75, 3.05) is 0 Å². The van der Waals surface area contributed by atoms with Crippen molar-refractivity contribution in [3.8, 4) is 33.6 Å². The Morgan fingerprint density at radius 1 is 0.745 bits per heavy atom. The molecule has 0 bridgehead atoms. The van der Waals surface area contributed by atoms with E-state index in [4.69, 9.17) is 9.40 Å². The standard InChI is InChI=1S/C20H14F2NO.C20H20NSi.Ir/c1-11(2)16-9-18(23-10-17(16)22)15-5-3-4-14-13-7-6-12(21)8-19(13)24-20(14)15;1-22(2,3)20-15-21-19(17-12-8-5-9-13-17)14-18(20)16-10-6-4-7-11-16;/h3-4,6-11H,1-2H3;4-12,14-15H,1-3H3;/q2*-1;. The van der Waals surface area contributed by atoms with Crippen molar-refractivity contribution in [3.63, 3.8) is 0 Å². The summed E-state index contributed by atoms with van der Waals surface area (Å²) >= 11 is 0. The molecule has 7 rings (SSSR count). The van der Waals surface area contributed by atoms with Crippen molar-refractivity contribution in [1.29, 1.82) is 0 Å². The third-order valence-electron chi connectivity index (χ3n) is 7.94. The Kier molecular flexibility index (Phi) is 10.3. The van der Waals surface area contributed by atoms with Crippen LogP contribution < -0.4 is 5.19 Å². The van der Waals surface area contributed by atoms with E-state index in [9.17, 15) is 8.78 Å². The van der Waals surface area contributed by atoms with Crippen LogP contribution in [0.1, 0.15) is 25.3 Å². The van der Waals surface area contributed by atoms with Gasteiger partial charge in [0.1, 0.15) is 17.2 Å². The fourth-order valence-electron chi connectivity index (χ4n) is 5.55. The van der Waals surface area contributed by atoms with Gasteiger partial charge in [-0.1, -0.05) is 86.9 Å². The molecule has 0 spiro atoms. The SMILES string of the molecule is CC(C)c1cc(-c2[c-]ccc3c2oc2cc(F)ccc23)ncc1F.C[Si](C)(C)c1cnc(-c2[c-]cccc2)cc1-c1ccccc1.[Ir]. The molecule has 0 saturated heterocycles. The summed E-state index contributed by atoms with van der Waals surface area (Å²) in [5.74, 6) is -0.641. The van der Waals surface area contributed by atoms with Gasteiger partial charge in [-0.25, -0.2) is 8.78 Å². The molecular weight excluding hydrogens is 783 g/mol. The molecule has 239 valence electrons. The average molecular weight is 817 g/mol. The Balaban J connectivity index is 0.000000181. The summed E-state index contributed by atoms with van der Waals surface area (Å²) in [5.41, 5.74) is 7.47. The molecule has 7 aromatic rings. The maximum Gasteiger partial charge on any atom is 0.143 e. The third-order valence-corrected chi connectivity index (χ3v) is 9.95. The van der Waals surface area contributed by atoms with E-state index in [1.807, 2.05) is 38.1 Å². The monoisotopic (exact) mass is 817 g/mol. The summed E-state index contributed by atoms with van der Waals surface area (Å²) in [6.45, 7) is 11.0. The Morgan fingerprint density at radius 2 is 1.49 bits per heavy atom. The molecule has 7 heteroatoms. The van der Waals surface area contributed by atoms with E-state index < -0.39 is 8.07 Å². The average Bonchev–Trinajstić information content (AvgIpc) is 3.43. The van der Waals surface area contributed by atoms with E-state index in [0.717, 1.165) is 22.0 Å². The number of fused-ring (bicyclic) bond motifs is 3. The quantitative estimate of drug-likeness (QED) is 0.128. The van der Waals surface area contributed by atoms with Gasteiger partial charge >= 0.3 is 0 Å². The van der Waals surface area contributed by atoms with Crippen LogP contribution in [0.2, 0.25) is 19.6 Å². The summed E-state index contributed by atoms with van der Waals surface area (Å²) in [6.07, 6.45) is 3.30. The van der Waals surface area contributed by atoms with Crippen molar-refractivity contribution in [2.24, 2.45) is 0 Å². The van der Waals surface area contributed by atoms with Crippen LogP contribution in [0.4, 0.5) is 8.78 Å². The van der Waals surface area contributed by atoms with Gasteiger partial charge in [0.2, 0.25) is 0 Å². The van der Waals surface area contributed by atoms with E-state index in [2.05, 4.69) is 85.4 Å². The third kappa shape index (κ3) is 7.33. The first-order valence-corrected chi connectivity index (χ1v) is 18.8. The van der Waals surface area contributed by atoms with Gasteiger partial charge in [0, 0.05) is 37.8 Å². The minimum absolute atomic E-state index is 0. The largest absolute Gasteiger partial charge is 0.500 e. The smallest absolute Gasteiger partial charge is 0.143 e. The van der Waals surface area contributed by atoms with Crippen LogP contribution >= 0.6 is 0 Å². The number of rotatable bonds is 5. The molecule has 0 aliphatic heterocycles. The fraction of sp³-hybridized carbons (Fsp3) is 0.150. The number of nitrogens with zero attached hydrogens (tertiary/aromatic N) is 2. The zero-order chi connectivity index (χ0) is 32.4. The predicted octanol–water partition coefficient (Wildman–Crippen LogP) is 10.6. The first kappa shape index (κ1) is 34.1. The minimum atomic E-state index is -1.46. The molecule has 3 nitrogen and oxygen atoms in total. The van der Waals surface area contributed by atoms with Gasteiger partial charge in [-0.15, -0.1) is 54.1 Å². The summed E-state index contributed by atoms with van der Waals surface area (Å²) in [7, 11) is -1.46. The number of hydrogen-bond acceptors (Lipinski definition) is 3. The van der Waals surface area contributed by atoms with Crippen molar-refractivity contribution in [2.45, 2.75) is 39.4 Å². The van der Waals surface area contributed by atoms with Crippen LogP contribution in [0, 0.1) is 23.8 Å². The molecule has 0 aliphatic carbocycles. The normalized spacial score (nSPS) is 11.3. The molecule has 0 fully saturated rings. The molecule has 47 heavy (non-hydrogen) atoms. The molecule has 3 heterocycles. The number of hydrogen-bond donors (Lipinski definition) is 0. The molecule has 0 amide bonds. The number of aromatic nitrogens is 2. The van der Waals surface area contributed by atoms with Gasteiger partial charge in [-0.3, -0.25) is 0 Å². The first-order chi connectivity index (χ1) is 22.1. The van der Waals surface area contributed by atoms with Gasteiger partial charge in [-0.05, 0) is 51.3 Å². The Bertz CT molecular complexity index is 2140. The number of benzene rings is 4. The Hall–Kier alpha value is -4.29. The summed E-state index contributed by atoms with van der Waals surface area (Å²) in [6, 6.07) is 37.0. The number of pyridine rings is 2. The maximum atomic E-state index is 13.9. The van der Waals surface area contributed by atoms with Crippen molar-refractivity contribution < 1.29 is 33.3 Å². The van der Waals surface area contributed by atoms with E-state index >= 15 is 0 Å². The molecule has 0 N–H and O–H groups in total. The van der Waals surface area contributed by atoms with E-state index in [-0.39, 0.29) is 37.7 Å². The van der Waals surface area contributed by atoms with E-state index in [1.54, 1.807) is 18.2 Å². The summed E-state index contributed by atoms with van der Waals surface area (Å²) < 4.78 is 33.2. The van der Waals surface area contributed by atoms with Gasteiger partial charge in [0.05, 0.1) is 19.9 Å². The topological polar surface area (TPSA) is 38.9 Å². The minimum Gasteiger partial charge on any atom is -0.500 e. The molecule has 1 radical (unpaired) electrons. The Morgan fingerprint density at radius 3 is 2.19 bits per heavy atom. The van der Waals surface area contributed by atoms with Crippen LogP contribution in [0.3, 0.4) is 0 Å². The first-order valence-electron chi connectivity index (χ1n) is 15.3. The molecule has 0 unspecified atom stereocenters. The second kappa shape index (κ2) is 14.2. The van der Waals surface area contributed by atoms with E-state index in [0.29, 0.717) is 28.0 Å². The van der Waals surface area contributed by atoms with Crippen LogP contribution in [0.15, 0.2) is 114 Å². The van der Waals surface area contributed by atoms with Crippen molar-refractivity contribution in [3.05, 3.63) is 139 Å². The number of halogens is 2. The Labute approximate surface area is 289 Å². The molecule has 0 aliphatic rings. The van der Waals surface area contributed by atoms with Gasteiger partial charge in [0.15, 0.2) is 0 Å². The predicted molar refractivity (Wildman–Crippen MR) is 187 cm³/mol. The van der Waals surface area contributed by atoms with Crippen LogP contribution in [0.5, 0.6) is 0 Å². The fourth-order valence-corrected chi connectivity index (χ4v) is 7.02. The molecule has 3 aromatic heterocycles. The molecule has 0 atom stereocenters. The molecule has 0 saturated carbocycles. The summed E-state index contributed by atoms with van der Waals surface area (Å²) in [5, 5.41) is 3.09. The van der Waals surface area contributed by atoms with Gasteiger partial charge < -0.3 is 14.4 Å². The zero-order valence-corrected chi connectivity index (χ0v) is 30.3. The van der Waals surface area contributed by atoms with Crippen LogP contribution in [-0.2, 0) is 20.1 Å². The van der Waals surface area contributed by atoms with Gasteiger partial charge in [0.25, 0.3) is 0 Å². The second-order valence-corrected chi connectivity index (χ2v) is 17.6. The van der Waals surface area contributed by atoms with Crippen molar-refractivity contribution in [1.82, 2.24) is 9.97 Å². The zero-order valence-electron chi connectivity index (χ0n) is 26.9. The molecule has 4 aromatic carbocycles. The van der Waals surface area contributed by atoms with Crippen LogP contribution in [0.25, 0.3) is 55.6 Å². The van der Waals surface area contributed by atoms with E-state index in [1.165, 1.54) is 34.6 Å². The number of furan rings is 1. The van der Waals surface area contributed by atoms with Gasteiger partial charge in [-0.2, -0.15) is 0 Å². The maximum absolute atomic E-state index is 13.9. The van der Waals surface area contributed by atoms with Crippen molar-refractivity contribution >= 4 is 35.2 Å². The van der Waals surface area contributed by atoms with Crippen LogP contribution in [-0.4, -0.2) is 18.0 Å². The second-order valence-electron chi connectivity index (χ2n) is 12.6. The molecular formula is C40H34F2IrN2OSi-2.